The molecule has 0 nitrogen and oxygen atoms in total. The van der Waals surface area contributed by atoms with Crippen molar-refractivity contribution in [2.45, 2.75) is 11.8 Å². The first-order valence-electron chi connectivity index (χ1n) is 4.84. The van der Waals surface area contributed by atoms with Gasteiger partial charge in [-0.05, 0) is 46.6 Å². The molecule has 17 heavy (non-hydrogen) atoms. The molecule has 0 amide bonds. The van der Waals surface area contributed by atoms with E-state index in [1.54, 1.807) is 23.5 Å². The molecular formula is C12H8Br2ClFS. The third-order valence-corrected chi connectivity index (χ3v) is 6.09. The van der Waals surface area contributed by atoms with Crippen LogP contribution < -0.4 is 0 Å². The Bertz CT molecular complexity index is 534. The topological polar surface area (TPSA) is 0 Å². The molecule has 2 aromatic rings. The van der Waals surface area contributed by atoms with Crippen LogP contribution in [0.1, 0.15) is 20.8 Å². The van der Waals surface area contributed by atoms with Crippen molar-refractivity contribution in [3.05, 3.63) is 54.9 Å². The van der Waals surface area contributed by atoms with Crippen molar-refractivity contribution in [2.75, 3.05) is 0 Å². The smallest absolute Gasteiger partial charge is 0.129 e. The van der Waals surface area contributed by atoms with E-state index < -0.39 is 0 Å². The molecule has 1 aromatic heterocycles. The molecule has 0 aliphatic heterocycles. The fraction of sp³-hybridized carbons (Fsp3) is 0.167. The maximum absolute atomic E-state index is 13.8. The molecule has 0 spiro atoms. The number of thiophene rings is 1. The van der Waals surface area contributed by atoms with Gasteiger partial charge in [0.1, 0.15) is 5.82 Å². The molecular weight excluding hydrogens is 390 g/mol. The molecule has 2 rings (SSSR count). The molecule has 0 saturated heterocycles. The predicted octanol–water partition coefficient (Wildman–Crippen LogP) is 6.10. The van der Waals surface area contributed by atoms with E-state index >= 15 is 0 Å². The third kappa shape index (κ3) is 2.92. The van der Waals surface area contributed by atoms with Crippen LogP contribution in [0.2, 0.25) is 5.02 Å². The summed E-state index contributed by atoms with van der Waals surface area (Å²) >= 11 is 14.3. The fourth-order valence-corrected chi connectivity index (χ4v) is 3.98. The number of hydrogen-bond donors (Lipinski definition) is 0. The van der Waals surface area contributed by atoms with E-state index in [0.29, 0.717) is 10.6 Å². The van der Waals surface area contributed by atoms with E-state index in [4.69, 9.17) is 11.6 Å². The molecule has 0 radical (unpaired) electrons. The highest BCUT2D eigenvalue weighted by atomic mass is 79.9. The second-order valence-corrected chi connectivity index (χ2v) is 7.39. The summed E-state index contributed by atoms with van der Waals surface area (Å²) in [6.07, 6.45) is 0. The Labute approximate surface area is 125 Å². The Kier molecular flexibility index (Phi) is 4.29. The fourth-order valence-electron chi connectivity index (χ4n) is 1.47. The number of aryl methyl sites for hydroxylation is 1. The zero-order chi connectivity index (χ0) is 12.6. The summed E-state index contributed by atoms with van der Waals surface area (Å²) in [5, 5.41) is 0.412. The summed E-state index contributed by atoms with van der Waals surface area (Å²) in [5.74, 6) is -0.290. The van der Waals surface area contributed by atoms with E-state index in [1.807, 2.05) is 13.0 Å². The second-order valence-electron chi connectivity index (χ2n) is 3.63. The minimum absolute atomic E-state index is 0.144. The first-order chi connectivity index (χ1) is 7.99. The van der Waals surface area contributed by atoms with Gasteiger partial charge in [0.15, 0.2) is 0 Å². The van der Waals surface area contributed by atoms with Crippen LogP contribution in [0.4, 0.5) is 4.39 Å². The third-order valence-electron chi connectivity index (χ3n) is 2.36. The Morgan fingerprint density at radius 1 is 1.35 bits per heavy atom. The molecule has 0 fully saturated rings. The van der Waals surface area contributed by atoms with Crippen LogP contribution in [0.15, 0.2) is 28.1 Å². The lowest BCUT2D eigenvalue weighted by molar-refractivity contribution is 0.614. The van der Waals surface area contributed by atoms with Gasteiger partial charge in [0, 0.05) is 15.5 Å². The van der Waals surface area contributed by atoms with Gasteiger partial charge < -0.3 is 0 Å². The highest BCUT2D eigenvalue weighted by molar-refractivity contribution is 9.11. The monoisotopic (exact) mass is 396 g/mol. The summed E-state index contributed by atoms with van der Waals surface area (Å²) in [6.45, 7) is 2.02. The zero-order valence-corrected chi connectivity index (χ0v) is 13.6. The quantitative estimate of drug-likeness (QED) is 0.537. The number of alkyl halides is 1. The van der Waals surface area contributed by atoms with Crippen LogP contribution >= 0.6 is 54.8 Å². The van der Waals surface area contributed by atoms with Gasteiger partial charge >= 0.3 is 0 Å². The first kappa shape index (κ1) is 13.5. The summed E-state index contributed by atoms with van der Waals surface area (Å²) in [4.78, 5) is 0.922. The maximum atomic E-state index is 13.8. The number of halogens is 4. The van der Waals surface area contributed by atoms with Crippen molar-refractivity contribution >= 4 is 54.8 Å². The molecule has 0 bridgehead atoms. The second kappa shape index (κ2) is 5.39. The van der Waals surface area contributed by atoms with Crippen molar-refractivity contribution < 1.29 is 4.39 Å². The van der Waals surface area contributed by atoms with E-state index in [9.17, 15) is 4.39 Å². The highest BCUT2D eigenvalue weighted by Gasteiger charge is 2.17. The minimum Gasteiger partial charge on any atom is -0.207 e. The molecule has 0 saturated carbocycles. The van der Waals surface area contributed by atoms with Crippen LogP contribution in [0.25, 0.3) is 0 Å². The molecule has 0 N–H and O–H groups in total. The molecule has 1 unspecified atom stereocenters. The first-order valence-corrected chi connectivity index (χ1v) is 7.74. The lowest BCUT2D eigenvalue weighted by Crippen LogP contribution is -1.94. The van der Waals surface area contributed by atoms with Gasteiger partial charge in [-0.3, -0.25) is 0 Å². The average Bonchev–Trinajstić information content (AvgIpc) is 2.58. The number of hydrogen-bond acceptors (Lipinski definition) is 1. The molecule has 0 aliphatic rings. The normalized spacial score (nSPS) is 12.8. The number of rotatable bonds is 2. The standard InChI is InChI=1S/C12H8Br2ClFS/c1-6-4-10(17-12(6)14)11(13)8-3-2-7(15)5-9(8)16/h2-5,11H,1H3. The van der Waals surface area contributed by atoms with Gasteiger partial charge in [-0.15, -0.1) is 11.3 Å². The van der Waals surface area contributed by atoms with Crippen LogP contribution in [0, 0.1) is 12.7 Å². The Balaban J connectivity index is 2.39. The van der Waals surface area contributed by atoms with Crippen molar-refractivity contribution in [2.24, 2.45) is 0 Å². The lowest BCUT2D eigenvalue weighted by atomic mass is 10.1. The van der Waals surface area contributed by atoms with Gasteiger partial charge in [0.2, 0.25) is 0 Å². The Morgan fingerprint density at radius 2 is 2.06 bits per heavy atom. The van der Waals surface area contributed by atoms with Crippen LogP contribution in [0.3, 0.4) is 0 Å². The van der Waals surface area contributed by atoms with Gasteiger partial charge in [0.05, 0.1) is 8.61 Å². The van der Waals surface area contributed by atoms with Crippen molar-refractivity contribution in [1.29, 1.82) is 0 Å². The van der Waals surface area contributed by atoms with Gasteiger partial charge in [-0.25, -0.2) is 4.39 Å². The van der Waals surface area contributed by atoms with E-state index in [-0.39, 0.29) is 10.6 Å². The lowest BCUT2D eigenvalue weighted by Gasteiger charge is -2.09. The SMILES string of the molecule is Cc1cc(C(Br)c2ccc(Cl)cc2F)sc1Br. The van der Waals surface area contributed by atoms with Crippen molar-refractivity contribution in [3.63, 3.8) is 0 Å². The molecule has 90 valence electrons. The van der Waals surface area contributed by atoms with Gasteiger partial charge in [-0.1, -0.05) is 33.6 Å². The summed E-state index contributed by atoms with van der Waals surface area (Å²) in [7, 11) is 0. The van der Waals surface area contributed by atoms with E-state index in [1.165, 1.54) is 6.07 Å². The Hall–Kier alpha value is 0.1000. The molecule has 5 heteroatoms. The van der Waals surface area contributed by atoms with Crippen molar-refractivity contribution in [3.8, 4) is 0 Å². The maximum Gasteiger partial charge on any atom is 0.129 e. The summed E-state index contributed by atoms with van der Waals surface area (Å²) in [5.41, 5.74) is 1.76. The summed E-state index contributed by atoms with van der Waals surface area (Å²) < 4.78 is 14.8. The van der Waals surface area contributed by atoms with E-state index in [0.717, 1.165) is 14.2 Å². The van der Waals surface area contributed by atoms with Gasteiger partial charge in [-0.2, -0.15) is 0 Å². The highest BCUT2D eigenvalue weighted by Crippen LogP contribution is 2.40. The minimum atomic E-state index is -0.290. The van der Waals surface area contributed by atoms with Crippen molar-refractivity contribution in [1.82, 2.24) is 0 Å². The molecule has 0 aliphatic carbocycles. The number of benzene rings is 1. The Morgan fingerprint density at radius 3 is 2.59 bits per heavy atom. The van der Waals surface area contributed by atoms with Gasteiger partial charge in [0.25, 0.3) is 0 Å². The van der Waals surface area contributed by atoms with Crippen LogP contribution in [-0.2, 0) is 0 Å². The largest absolute Gasteiger partial charge is 0.207 e. The van der Waals surface area contributed by atoms with Crippen LogP contribution in [0.5, 0.6) is 0 Å². The molecule has 1 aromatic carbocycles. The van der Waals surface area contributed by atoms with Crippen LogP contribution in [-0.4, -0.2) is 0 Å². The van der Waals surface area contributed by atoms with E-state index in [2.05, 4.69) is 31.9 Å². The summed E-state index contributed by atoms with van der Waals surface area (Å²) in [6, 6.07) is 6.78. The molecule has 1 heterocycles. The zero-order valence-electron chi connectivity index (χ0n) is 8.81. The average molecular weight is 399 g/mol. The predicted molar refractivity (Wildman–Crippen MR) is 78.9 cm³/mol. The molecule has 1 atom stereocenters.